The molecule has 2 amide bonds. The van der Waals surface area contributed by atoms with E-state index >= 15 is 0 Å². The minimum Gasteiger partial charge on any atom is -0.493 e. The lowest BCUT2D eigenvalue weighted by molar-refractivity contribution is -0.137. The van der Waals surface area contributed by atoms with Crippen LogP contribution < -0.4 is 29.7 Å². The first kappa shape index (κ1) is 26.2. The van der Waals surface area contributed by atoms with Crippen molar-refractivity contribution in [3.63, 3.8) is 0 Å². The van der Waals surface area contributed by atoms with Crippen LogP contribution in [0.15, 0.2) is 42.6 Å². The third-order valence-corrected chi connectivity index (χ3v) is 6.28. The van der Waals surface area contributed by atoms with Crippen molar-refractivity contribution < 1.29 is 28.2 Å². The first-order valence-electron chi connectivity index (χ1n) is 12.2. The van der Waals surface area contributed by atoms with Crippen LogP contribution in [0.25, 0.3) is 10.9 Å². The summed E-state index contributed by atoms with van der Waals surface area (Å²) in [5.41, 5.74) is 0.834. The Morgan fingerprint density at radius 2 is 1.89 bits per heavy atom. The average molecular weight is 511 g/mol. The lowest BCUT2D eigenvalue weighted by Gasteiger charge is -2.23. The number of amides is 2. The fourth-order valence-electron chi connectivity index (χ4n) is 4.15. The third kappa shape index (κ3) is 6.08. The quantitative estimate of drug-likeness (QED) is 0.446. The van der Waals surface area contributed by atoms with Crippen molar-refractivity contribution in [1.29, 1.82) is 0 Å². The van der Waals surface area contributed by atoms with E-state index in [2.05, 4.69) is 15.6 Å². The first-order valence-corrected chi connectivity index (χ1v) is 12.2. The van der Waals surface area contributed by atoms with Gasteiger partial charge >= 0.3 is 11.8 Å². The van der Waals surface area contributed by atoms with Crippen molar-refractivity contribution in [3.05, 3.63) is 48.4 Å². The van der Waals surface area contributed by atoms with Crippen LogP contribution in [-0.2, 0) is 9.59 Å². The minimum atomic E-state index is -0.791. The van der Waals surface area contributed by atoms with Gasteiger partial charge in [-0.1, -0.05) is 0 Å². The number of methoxy groups -OCH3 is 1. The SMILES string of the molecule is CCNC(=O)C(=O)N(C)c1ccc(Oc2ccnc3cc(OCC4CCNCC4)c(OC)cc23)c(F)c1. The molecule has 10 heteroatoms. The number of fused-ring (bicyclic) bond motifs is 1. The van der Waals surface area contributed by atoms with Crippen LogP contribution in [0.5, 0.6) is 23.0 Å². The monoisotopic (exact) mass is 510 g/mol. The number of pyridine rings is 1. The molecule has 37 heavy (non-hydrogen) atoms. The predicted molar refractivity (Wildman–Crippen MR) is 138 cm³/mol. The van der Waals surface area contributed by atoms with Gasteiger partial charge in [0.15, 0.2) is 23.1 Å². The van der Waals surface area contributed by atoms with E-state index in [1.807, 2.05) is 0 Å². The fraction of sp³-hybridized carbons (Fsp3) is 0.370. The Kier molecular flexibility index (Phi) is 8.39. The molecule has 0 saturated carbocycles. The van der Waals surface area contributed by atoms with E-state index in [0.717, 1.165) is 36.9 Å². The molecule has 2 N–H and O–H groups in total. The second-order valence-electron chi connectivity index (χ2n) is 8.77. The Morgan fingerprint density at radius 3 is 2.59 bits per heavy atom. The molecule has 0 bridgehead atoms. The van der Waals surface area contributed by atoms with E-state index in [1.54, 1.807) is 38.4 Å². The molecule has 1 saturated heterocycles. The van der Waals surface area contributed by atoms with Crippen LogP contribution in [0.1, 0.15) is 19.8 Å². The fourth-order valence-corrected chi connectivity index (χ4v) is 4.15. The van der Waals surface area contributed by atoms with Gasteiger partial charge < -0.3 is 29.7 Å². The molecule has 1 fully saturated rings. The zero-order valence-electron chi connectivity index (χ0n) is 21.2. The summed E-state index contributed by atoms with van der Waals surface area (Å²) in [6.07, 6.45) is 3.70. The summed E-state index contributed by atoms with van der Waals surface area (Å²) in [4.78, 5) is 29.5. The molecular formula is C27H31FN4O5. The van der Waals surface area contributed by atoms with Gasteiger partial charge in [-0.15, -0.1) is 0 Å². The van der Waals surface area contributed by atoms with E-state index in [0.29, 0.717) is 47.2 Å². The number of rotatable bonds is 8. The number of hydrogen-bond acceptors (Lipinski definition) is 7. The second kappa shape index (κ2) is 11.9. The van der Waals surface area contributed by atoms with Crippen LogP contribution in [0, 0.1) is 11.7 Å². The number of ether oxygens (including phenoxy) is 3. The summed E-state index contributed by atoms with van der Waals surface area (Å²) in [7, 11) is 2.97. The van der Waals surface area contributed by atoms with Gasteiger partial charge in [0.2, 0.25) is 0 Å². The zero-order chi connectivity index (χ0) is 26.4. The standard InChI is InChI=1S/C27H31FN4O5/c1-4-30-26(33)27(34)32(2)18-5-6-23(20(28)13-18)37-22-9-12-31-21-15-25(24(35-3)14-19(21)22)36-16-17-7-10-29-11-8-17/h5-6,9,12-15,17,29H,4,7-8,10-11,16H2,1-3H3,(H,30,33). The number of piperidine rings is 1. The molecule has 0 radical (unpaired) electrons. The molecule has 1 aliphatic rings. The average Bonchev–Trinajstić information content (AvgIpc) is 2.92. The van der Waals surface area contributed by atoms with Gasteiger partial charge in [-0.05, 0) is 63.0 Å². The smallest absolute Gasteiger partial charge is 0.316 e. The van der Waals surface area contributed by atoms with Gasteiger partial charge in [0.1, 0.15) is 5.75 Å². The van der Waals surface area contributed by atoms with Gasteiger partial charge in [0, 0.05) is 43.0 Å². The van der Waals surface area contributed by atoms with Gasteiger partial charge in [-0.3, -0.25) is 14.6 Å². The highest BCUT2D eigenvalue weighted by atomic mass is 19.1. The van der Waals surface area contributed by atoms with Crippen molar-refractivity contribution in [2.45, 2.75) is 19.8 Å². The molecule has 0 spiro atoms. The van der Waals surface area contributed by atoms with E-state index in [1.165, 1.54) is 19.2 Å². The maximum atomic E-state index is 15.0. The number of aromatic nitrogens is 1. The van der Waals surface area contributed by atoms with Gasteiger partial charge in [0.05, 0.1) is 19.2 Å². The minimum absolute atomic E-state index is 0.0414. The number of carbonyl (C=O) groups is 2. The number of hydrogen-bond donors (Lipinski definition) is 2. The Hall–Kier alpha value is -3.92. The number of carbonyl (C=O) groups excluding carboxylic acids is 2. The second-order valence-corrected chi connectivity index (χ2v) is 8.77. The maximum Gasteiger partial charge on any atom is 0.316 e. The van der Waals surface area contributed by atoms with Crippen molar-refractivity contribution in [2.24, 2.45) is 5.92 Å². The first-order chi connectivity index (χ1) is 17.9. The van der Waals surface area contributed by atoms with E-state index in [9.17, 15) is 14.0 Å². The van der Waals surface area contributed by atoms with Gasteiger partial charge in [0.25, 0.3) is 0 Å². The summed E-state index contributed by atoms with van der Waals surface area (Å²) in [6, 6.07) is 9.25. The lowest BCUT2D eigenvalue weighted by atomic mass is 9.99. The summed E-state index contributed by atoms with van der Waals surface area (Å²) in [6.45, 7) is 4.59. The van der Waals surface area contributed by atoms with Crippen LogP contribution in [0.2, 0.25) is 0 Å². The Balaban J connectivity index is 1.54. The molecule has 0 aliphatic carbocycles. The van der Waals surface area contributed by atoms with Crippen molar-refractivity contribution in [1.82, 2.24) is 15.6 Å². The largest absolute Gasteiger partial charge is 0.493 e. The third-order valence-electron chi connectivity index (χ3n) is 6.28. The molecule has 9 nitrogen and oxygen atoms in total. The highest BCUT2D eigenvalue weighted by Crippen LogP contribution is 2.38. The topological polar surface area (TPSA) is 102 Å². The highest BCUT2D eigenvalue weighted by molar-refractivity contribution is 6.40. The van der Waals surface area contributed by atoms with Crippen molar-refractivity contribution in [2.75, 3.05) is 45.3 Å². The number of likely N-dealkylation sites (N-methyl/N-ethyl adjacent to an activating group) is 2. The van der Waals surface area contributed by atoms with Crippen molar-refractivity contribution >= 4 is 28.4 Å². The molecule has 1 aliphatic heterocycles. The molecule has 2 aromatic carbocycles. The molecule has 0 unspecified atom stereocenters. The van der Waals surface area contributed by atoms with Crippen LogP contribution in [-0.4, -0.2) is 57.2 Å². The normalized spacial score (nSPS) is 13.7. The molecule has 196 valence electrons. The summed E-state index contributed by atoms with van der Waals surface area (Å²) >= 11 is 0. The number of nitrogens with one attached hydrogen (secondary N) is 2. The van der Waals surface area contributed by atoms with E-state index in [4.69, 9.17) is 14.2 Å². The highest BCUT2D eigenvalue weighted by Gasteiger charge is 2.21. The Labute approximate surface area is 214 Å². The Bertz CT molecular complexity index is 1280. The molecule has 0 atom stereocenters. The molecular weight excluding hydrogens is 479 g/mol. The molecule has 4 rings (SSSR count). The van der Waals surface area contributed by atoms with Crippen molar-refractivity contribution in [3.8, 4) is 23.0 Å². The summed E-state index contributed by atoms with van der Waals surface area (Å²) in [5.74, 6) is -0.305. The summed E-state index contributed by atoms with van der Waals surface area (Å²) < 4.78 is 32.5. The maximum absolute atomic E-state index is 15.0. The number of nitrogens with zero attached hydrogens (tertiary/aromatic N) is 2. The van der Waals surface area contributed by atoms with E-state index in [-0.39, 0.29) is 11.4 Å². The number of anilines is 1. The van der Waals surface area contributed by atoms with Crippen LogP contribution >= 0.6 is 0 Å². The molecule has 3 aromatic rings. The van der Waals surface area contributed by atoms with Gasteiger partial charge in [-0.25, -0.2) is 4.39 Å². The summed E-state index contributed by atoms with van der Waals surface area (Å²) in [5, 5.41) is 6.41. The van der Waals surface area contributed by atoms with E-state index < -0.39 is 17.6 Å². The lowest BCUT2D eigenvalue weighted by Crippen LogP contribution is -2.41. The predicted octanol–water partition coefficient (Wildman–Crippen LogP) is 3.65. The number of benzene rings is 2. The Morgan fingerprint density at radius 1 is 1.11 bits per heavy atom. The van der Waals surface area contributed by atoms with Crippen LogP contribution in [0.3, 0.4) is 0 Å². The van der Waals surface area contributed by atoms with Gasteiger partial charge in [-0.2, -0.15) is 0 Å². The molecule has 2 heterocycles. The number of halogens is 1. The van der Waals surface area contributed by atoms with Crippen LogP contribution in [0.4, 0.5) is 10.1 Å². The molecule has 1 aromatic heterocycles. The zero-order valence-corrected chi connectivity index (χ0v) is 21.2.